The topological polar surface area (TPSA) is 92.7 Å². The van der Waals surface area contributed by atoms with E-state index in [4.69, 9.17) is 9.84 Å². The van der Waals surface area contributed by atoms with Crippen molar-refractivity contribution in [2.24, 2.45) is 17.8 Å². The minimum atomic E-state index is -1.21. The molecule has 2 aliphatic rings. The van der Waals surface area contributed by atoms with Gasteiger partial charge in [-0.3, -0.25) is 9.59 Å². The lowest BCUT2D eigenvalue weighted by atomic mass is 10.1. The van der Waals surface area contributed by atoms with Crippen LogP contribution in [-0.4, -0.2) is 34.6 Å². The first-order valence-corrected chi connectivity index (χ1v) is 7.44. The number of carboxylic acids is 1. The maximum atomic E-state index is 12.1. The lowest BCUT2D eigenvalue weighted by Crippen LogP contribution is -2.44. The predicted octanol–water partition coefficient (Wildman–Crippen LogP) is 1.33. The molecule has 6 heteroatoms. The molecule has 2 aliphatic carbocycles. The first kappa shape index (κ1) is 15.8. The van der Waals surface area contributed by atoms with Gasteiger partial charge in [0.05, 0.1) is 6.42 Å². The van der Waals surface area contributed by atoms with Gasteiger partial charge in [-0.25, -0.2) is 4.79 Å². The van der Waals surface area contributed by atoms with Gasteiger partial charge in [0.25, 0.3) is 0 Å². The van der Waals surface area contributed by atoms with E-state index in [0.717, 1.165) is 19.3 Å². The second kappa shape index (κ2) is 5.66. The zero-order valence-electron chi connectivity index (χ0n) is 12.7. The molecule has 2 N–H and O–H groups in total. The third kappa shape index (κ3) is 3.95. The van der Waals surface area contributed by atoms with Crippen molar-refractivity contribution in [2.45, 2.75) is 58.1 Å². The van der Waals surface area contributed by atoms with E-state index in [9.17, 15) is 14.4 Å². The third-order valence-electron chi connectivity index (χ3n) is 4.11. The average molecular weight is 297 g/mol. The Balaban J connectivity index is 1.86. The fraction of sp³-hybridized carbons (Fsp3) is 0.800. The van der Waals surface area contributed by atoms with E-state index in [0.29, 0.717) is 11.8 Å². The first-order chi connectivity index (χ1) is 9.69. The molecule has 0 spiro atoms. The van der Waals surface area contributed by atoms with Gasteiger partial charge in [-0.1, -0.05) is 6.42 Å². The molecule has 2 rings (SSSR count). The summed E-state index contributed by atoms with van der Waals surface area (Å²) in [5.41, 5.74) is -0.669. The van der Waals surface area contributed by atoms with Crippen molar-refractivity contribution in [2.75, 3.05) is 0 Å². The Morgan fingerprint density at radius 2 is 1.81 bits per heavy atom. The zero-order chi connectivity index (χ0) is 15.8. The minimum Gasteiger partial charge on any atom is -0.480 e. The van der Waals surface area contributed by atoms with Crippen molar-refractivity contribution in [3.05, 3.63) is 0 Å². The average Bonchev–Trinajstić information content (AvgIpc) is 2.80. The van der Waals surface area contributed by atoms with Gasteiger partial charge >= 0.3 is 11.9 Å². The van der Waals surface area contributed by atoms with Crippen molar-refractivity contribution in [1.29, 1.82) is 0 Å². The van der Waals surface area contributed by atoms with Crippen LogP contribution in [0.15, 0.2) is 0 Å². The number of fused-ring (bicyclic) bond motifs is 1. The molecule has 0 aliphatic heterocycles. The molecule has 6 nitrogen and oxygen atoms in total. The zero-order valence-corrected chi connectivity index (χ0v) is 12.7. The van der Waals surface area contributed by atoms with Crippen LogP contribution >= 0.6 is 0 Å². The number of carbonyl (C=O) groups excluding carboxylic acids is 2. The van der Waals surface area contributed by atoms with Crippen LogP contribution in [0.3, 0.4) is 0 Å². The van der Waals surface area contributed by atoms with E-state index >= 15 is 0 Å². The van der Waals surface area contributed by atoms with Gasteiger partial charge in [-0.2, -0.15) is 0 Å². The molecule has 0 heterocycles. The summed E-state index contributed by atoms with van der Waals surface area (Å²) in [4.78, 5) is 35.0. The number of ether oxygens (including phenoxy) is 1. The molecule has 2 unspecified atom stereocenters. The van der Waals surface area contributed by atoms with Gasteiger partial charge in [0.2, 0.25) is 5.91 Å². The van der Waals surface area contributed by atoms with Crippen molar-refractivity contribution in [1.82, 2.24) is 5.32 Å². The van der Waals surface area contributed by atoms with Crippen LogP contribution in [0.2, 0.25) is 0 Å². The van der Waals surface area contributed by atoms with E-state index in [-0.39, 0.29) is 18.2 Å². The molecule has 0 radical (unpaired) electrons. The van der Waals surface area contributed by atoms with Crippen LogP contribution in [0.1, 0.15) is 46.5 Å². The molecule has 3 atom stereocenters. The van der Waals surface area contributed by atoms with Gasteiger partial charge in [-0.15, -0.1) is 0 Å². The maximum absolute atomic E-state index is 12.1. The highest BCUT2D eigenvalue weighted by atomic mass is 16.6. The highest BCUT2D eigenvalue weighted by Gasteiger charge is 2.56. The number of hydrogen-bond donors (Lipinski definition) is 2. The summed E-state index contributed by atoms with van der Waals surface area (Å²) in [6.45, 7) is 5.14. The largest absolute Gasteiger partial charge is 0.480 e. The second-order valence-corrected chi connectivity index (χ2v) is 6.97. The maximum Gasteiger partial charge on any atom is 0.326 e. The minimum absolute atomic E-state index is 0.0563. The van der Waals surface area contributed by atoms with Gasteiger partial charge in [0.1, 0.15) is 11.6 Å². The SMILES string of the molecule is CC(C)(C)OC(=O)C[C@H](NC(=O)C1C2CCCC21)C(=O)O. The molecule has 2 fully saturated rings. The van der Waals surface area contributed by atoms with Crippen LogP contribution < -0.4 is 5.32 Å². The second-order valence-electron chi connectivity index (χ2n) is 6.97. The van der Waals surface area contributed by atoms with E-state index < -0.39 is 23.6 Å². The standard InChI is InChI=1S/C15H23NO5/c1-15(2,3)21-11(17)7-10(14(19)20)16-13(18)12-8-5-4-6-9(8)12/h8-10,12H,4-7H2,1-3H3,(H,16,18)(H,19,20)/t8?,9?,10-,12?/m0/s1. The molecule has 0 aromatic rings. The molecule has 118 valence electrons. The Labute approximate surface area is 124 Å². The van der Waals surface area contributed by atoms with Gasteiger partial charge < -0.3 is 15.2 Å². The predicted molar refractivity (Wildman–Crippen MR) is 74.3 cm³/mol. The highest BCUT2D eigenvalue weighted by Crippen LogP contribution is 2.57. The van der Waals surface area contributed by atoms with Crippen LogP contribution in [0, 0.1) is 17.8 Å². The van der Waals surface area contributed by atoms with Crippen LogP contribution in [-0.2, 0) is 19.1 Å². The molecule has 0 bridgehead atoms. The van der Waals surface area contributed by atoms with Crippen molar-refractivity contribution < 1.29 is 24.2 Å². The summed E-state index contributed by atoms with van der Waals surface area (Å²) < 4.78 is 5.10. The van der Waals surface area contributed by atoms with E-state index in [1.54, 1.807) is 20.8 Å². The normalized spacial score (nSPS) is 28.4. The van der Waals surface area contributed by atoms with Crippen molar-refractivity contribution in [3.8, 4) is 0 Å². The molecule has 1 amide bonds. The number of esters is 1. The van der Waals surface area contributed by atoms with E-state index in [1.807, 2.05) is 0 Å². The Bertz CT molecular complexity index is 443. The molecular formula is C15H23NO5. The number of aliphatic carboxylic acids is 1. The first-order valence-electron chi connectivity index (χ1n) is 7.44. The van der Waals surface area contributed by atoms with Crippen molar-refractivity contribution >= 4 is 17.8 Å². The summed E-state index contributed by atoms with van der Waals surface area (Å²) in [5.74, 6) is -1.28. The molecule has 0 aromatic heterocycles. The fourth-order valence-corrected chi connectivity index (χ4v) is 3.23. The number of rotatable bonds is 5. The Morgan fingerprint density at radius 1 is 1.24 bits per heavy atom. The van der Waals surface area contributed by atoms with Crippen LogP contribution in [0.25, 0.3) is 0 Å². The monoisotopic (exact) mass is 297 g/mol. The summed E-state index contributed by atoms with van der Waals surface area (Å²) >= 11 is 0. The molecule has 2 saturated carbocycles. The number of carboxylic acid groups (broad SMARTS) is 1. The summed E-state index contributed by atoms with van der Waals surface area (Å²) in [6, 6.07) is -1.21. The Hall–Kier alpha value is -1.59. The Morgan fingerprint density at radius 3 is 2.29 bits per heavy atom. The van der Waals surface area contributed by atoms with Gasteiger partial charge in [0.15, 0.2) is 0 Å². The lowest BCUT2D eigenvalue weighted by Gasteiger charge is -2.21. The number of amides is 1. The van der Waals surface area contributed by atoms with Crippen molar-refractivity contribution in [3.63, 3.8) is 0 Å². The molecule has 0 saturated heterocycles. The fourth-order valence-electron chi connectivity index (χ4n) is 3.23. The Kier molecular flexibility index (Phi) is 4.25. The van der Waals surface area contributed by atoms with E-state index in [2.05, 4.69) is 5.32 Å². The van der Waals surface area contributed by atoms with Gasteiger partial charge in [-0.05, 0) is 45.4 Å². The summed E-state index contributed by atoms with van der Waals surface area (Å²) in [5, 5.41) is 11.6. The quantitative estimate of drug-likeness (QED) is 0.747. The van der Waals surface area contributed by atoms with Gasteiger partial charge in [0, 0.05) is 5.92 Å². The number of hydrogen-bond acceptors (Lipinski definition) is 4. The molecular weight excluding hydrogens is 274 g/mol. The molecule has 0 aromatic carbocycles. The molecule has 21 heavy (non-hydrogen) atoms. The van der Waals surface area contributed by atoms with E-state index in [1.165, 1.54) is 0 Å². The summed E-state index contributed by atoms with van der Waals surface area (Å²) in [7, 11) is 0. The highest BCUT2D eigenvalue weighted by molar-refractivity contribution is 5.89. The lowest BCUT2D eigenvalue weighted by molar-refractivity contribution is -0.158. The smallest absolute Gasteiger partial charge is 0.326 e. The third-order valence-corrected chi connectivity index (χ3v) is 4.11. The number of carbonyl (C=O) groups is 3. The number of nitrogens with one attached hydrogen (secondary N) is 1. The van der Waals surface area contributed by atoms with Crippen LogP contribution in [0.4, 0.5) is 0 Å². The van der Waals surface area contributed by atoms with Crippen LogP contribution in [0.5, 0.6) is 0 Å². The summed E-state index contributed by atoms with van der Waals surface area (Å²) in [6.07, 6.45) is 2.90.